The minimum Gasteiger partial charge on any atom is -0.309 e. The largest absolute Gasteiger partial charge is 0.309 e. The third kappa shape index (κ3) is 5.34. The molecule has 9 aromatic carbocycles. The number of para-hydroxylation sites is 2. The first-order chi connectivity index (χ1) is 36.9. The summed E-state index contributed by atoms with van der Waals surface area (Å²) in [6.45, 7) is 0. The molecule has 0 bridgehead atoms. The Labute approximate surface area is 356 Å². The maximum Gasteiger partial charge on any atom is 0.0645 e. The van der Waals surface area contributed by atoms with Crippen molar-refractivity contribution < 1.29 is 30.2 Å². The Balaban J connectivity index is 1.07. The van der Waals surface area contributed by atoms with Gasteiger partial charge in [0.15, 0.2) is 0 Å². The van der Waals surface area contributed by atoms with Crippen molar-refractivity contribution in [3.63, 3.8) is 0 Å². The Kier molecular flexibility index (Phi) is 3.98. The van der Waals surface area contributed by atoms with Crippen molar-refractivity contribution >= 4 is 43.6 Å². The molecule has 2 nitrogen and oxygen atoms in total. The second-order valence-corrected chi connectivity index (χ2v) is 12.9. The van der Waals surface area contributed by atoms with Gasteiger partial charge in [0.25, 0.3) is 0 Å². The van der Waals surface area contributed by atoms with E-state index in [0.29, 0.717) is 54.7 Å². The lowest BCUT2D eigenvalue weighted by Gasteiger charge is -2.11. The molecule has 0 aliphatic heterocycles. The number of fused-ring (bicyclic) bond motifs is 6. The van der Waals surface area contributed by atoms with E-state index in [4.69, 9.17) is 20.6 Å². The van der Waals surface area contributed by atoms with Crippen LogP contribution in [0.15, 0.2) is 218 Å². The number of nitrogens with zero attached hydrogens (tertiary/aromatic N) is 2. The van der Waals surface area contributed by atoms with Crippen LogP contribution < -0.4 is 0 Å². The lowest BCUT2D eigenvalue weighted by Crippen LogP contribution is -1.94. The molecular weight excluding hydrogens is 677 g/mol. The Morgan fingerprint density at radius 1 is 0.286 bits per heavy atom. The fourth-order valence-electron chi connectivity index (χ4n) is 7.22. The Morgan fingerprint density at radius 2 is 0.661 bits per heavy atom. The van der Waals surface area contributed by atoms with Gasteiger partial charge in [0.05, 0.1) is 52.2 Å². The highest BCUT2D eigenvalue weighted by atomic mass is 15.0. The Morgan fingerprint density at radius 3 is 1.14 bits per heavy atom. The molecular formula is C54H36N2. The second kappa shape index (κ2) is 13.2. The molecule has 2 heteroatoms. The smallest absolute Gasteiger partial charge is 0.0645 e. The standard InChI is InChI=1S/C54H36N2/c1-3-12-37(13-4-1)39-22-28-45(29-23-39)55-51-20-9-7-18-47(51)49-35-43(26-32-53(49)55)44-27-33-54-50(36-44)48-19-8-10-21-52(48)56(54)46-30-24-40(25-31-46)42-17-11-16-41(34-42)38-14-5-2-6-15-38/h1-36H/i1D,2D,3D,4D,5D,6D,11D,12D,13D,14D,15D,16D,17D,22D,23D,24D,25D,28D,29D,30D,31D,34D. The van der Waals surface area contributed by atoms with Crippen molar-refractivity contribution in [3.8, 4) is 55.9 Å². The van der Waals surface area contributed by atoms with Crippen LogP contribution in [0.1, 0.15) is 30.2 Å². The van der Waals surface area contributed by atoms with E-state index in [-0.39, 0.29) is 11.4 Å². The molecule has 11 rings (SSSR count). The van der Waals surface area contributed by atoms with Gasteiger partial charge in [-0.15, -0.1) is 0 Å². The molecule has 262 valence electrons. The third-order valence-corrected chi connectivity index (χ3v) is 9.72. The van der Waals surface area contributed by atoms with Gasteiger partial charge in [0, 0.05) is 32.9 Å². The molecule has 2 heterocycles. The number of rotatable bonds is 6. The quantitative estimate of drug-likeness (QED) is 0.161. The molecule has 11 aromatic rings. The lowest BCUT2D eigenvalue weighted by atomic mass is 9.99. The summed E-state index contributed by atoms with van der Waals surface area (Å²) in [5.41, 5.74) is -0.130. The van der Waals surface area contributed by atoms with Gasteiger partial charge < -0.3 is 9.13 Å². The van der Waals surface area contributed by atoms with E-state index < -0.39 is 166 Å². The van der Waals surface area contributed by atoms with Crippen LogP contribution in [0.5, 0.6) is 0 Å². The highest BCUT2D eigenvalue weighted by Gasteiger charge is 2.16. The van der Waals surface area contributed by atoms with Crippen molar-refractivity contribution in [2.45, 2.75) is 0 Å². The van der Waals surface area contributed by atoms with Crippen LogP contribution in [0.25, 0.3) is 99.5 Å². The van der Waals surface area contributed by atoms with Crippen molar-refractivity contribution in [3.05, 3.63) is 218 Å². The van der Waals surface area contributed by atoms with E-state index in [0.717, 1.165) is 0 Å². The summed E-state index contributed by atoms with van der Waals surface area (Å²) in [5, 5.41) is 2.67. The summed E-state index contributed by atoms with van der Waals surface area (Å²) >= 11 is 0. The SMILES string of the molecule is [2H]c1c([2H])c([2H])c(-c2c([2H])c([2H])c(-n3c4ccccc4c4cc(-c5ccc6c(c5)c5ccccc5n6-c5c([2H])c([2H])c(-c6c([2H])c([2H])c([2H])c(-c7c([2H])c([2H])c([2H])c([2H])c7[2H])c6[2H])c([2H])c5[2H])ccc43)c([2H])c2[2H])c([2H])c1[2H]. The lowest BCUT2D eigenvalue weighted by molar-refractivity contribution is 1.18. The van der Waals surface area contributed by atoms with Crippen molar-refractivity contribution in [1.82, 2.24) is 9.13 Å². The minimum atomic E-state index is -0.830. The molecule has 0 saturated heterocycles. The molecule has 56 heavy (non-hydrogen) atoms. The maximum atomic E-state index is 9.45. The fourth-order valence-corrected chi connectivity index (χ4v) is 7.22. The summed E-state index contributed by atoms with van der Waals surface area (Å²) in [6.07, 6.45) is 0. The first kappa shape index (κ1) is 16.9. The fraction of sp³-hybridized carbons (Fsp3) is 0. The van der Waals surface area contributed by atoms with Crippen LogP contribution >= 0.6 is 0 Å². The Bertz CT molecular complexity index is 4420. The molecule has 2 aromatic heterocycles. The molecule has 0 atom stereocenters. The predicted molar refractivity (Wildman–Crippen MR) is 237 cm³/mol. The van der Waals surface area contributed by atoms with E-state index in [1.165, 1.54) is 0 Å². The number of hydrogen-bond donors (Lipinski definition) is 0. The highest BCUT2D eigenvalue weighted by molar-refractivity contribution is 6.12. The predicted octanol–water partition coefficient (Wildman–Crippen LogP) is 14.5. The zero-order valence-electron chi connectivity index (χ0n) is 51.0. The van der Waals surface area contributed by atoms with Gasteiger partial charge >= 0.3 is 0 Å². The normalized spacial score (nSPS) is 17.1. The summed E-state index contributed by atoms with van der Waals surface area (Å²) < 4.78 is 196. The first-order valence-corrected chi connectivity index (χ1v) is 17.5. The summed E-state index contributed by atoms with van der Waals surface area (Å²) in [6, 6.07) is 10.1. The number of aromatic nitrogens is 2. The van der Waals surface area contributed by atoms with E-state index in [1.54, 1.807) is 57.7 Å². The summed E-state index contributed by atoms with van der Waals surface area (Å²) in [5.74, 6) is 0. The van der Waals surface area contributed by atoms with Crippen LogP contribution in [0.3, 0.4) is 0 Å². The molecule has 0 radical (unpaired) electrons. The second-order valence-electron chi connectivity index (χ2n) is 12.9. The van der Waals surface area contributed by atoms with Crippen LogP contribution in [0.4, 0.5) is 0 Å². The van der Waals surface area contributed by atoms with Crippen molar-refractivity contribution in [2.75, 3.05) is 0 Å². The maximum absolute atomic E-state index is 9.45. The average molecular weight is 735 g/mol. The molecule has 0 spiro atoms. The average Bonchev–Trinajstić information content (AvgIpc) is 4.08. The monoisotopic (exact) mass is 734 g/mol. The molecule has 0 aliphatic carbocycles. The molecule has 0 fully saturated rings. The highest BCUT2D eigenvalue weighted by Crippen LogP contribution is 2.39. The van der Waals surface area contributed by atoms with Crippen molar-refractivity contribution in [1.29, 1.82) is 0 Å². The summed E-state index contributed by atoms with van der Waals surface area (Å²) in [4.78, 5) is 0. The zero-order valence-corrected chi connectivity index (χ0v) is 29.0. The van der Waals surface area contributed by atoms with E-state index in [9.17, 15) is 9.60 Å². The number of benzene rings is 9. The number of hydrogen-bond acceptors (Lipinski definition) is 0. The third-order valence-electron chi connectivity index (χ3n) is 9.72. The van der Waals surface area contributed by atoms with Crippen LogP contribution in [0.2, 0.25) is 0 Å². The molecule has 0 unspecified atom stereocenters. The molecule has 0 saturated carbocycles. The van der Waals surface area contributed by atoms with Crippen LogP contribution in [0, 0.1) is 0 Å². The van der Waals surface area contributed by atoms with Crippen LogP contribution in [-0.4, -0.2) is 9.13 Å². The summed E-state index contributed by atoms with van der Waals surface area (Å²) in [7, 11) is 0. The minimum absolute atomic E-state index is 0.123. The van der Waals surface area contributed by atoms with E-state index in [2.05, 4.69) is 0 Å². The van der Waals surface area contributed by atoms with Gasteiger partial charge in [-0.05, 0) is 111 Å². The van der Waals surface area contributed by atoms with Crippen molar-refractivity contribution in [2.24, 2.45) is 0 Å². The van der Waals surface area contributed by atoms with Gasteiger partial charge in [-0.3, -0.25) is 0 Å². The van der Waals surface area contributed by atoms with Gasteiger partial charge in [-0.1, -0.05) is 151 Å². The van der Waals surface area contributed by atoms with Gasteiger partial charge in [0.2, 0.25) is 0 Å². The first-order valence-electron chi connectivity index (χ1n) is 28.5. The topological polar surface area (TPSA) is 9.86 Å². The van der Waals surface area contributed by atoms with E-state index >= 15 is 0 Å². The zero-order chi connectivity index (χ0) is 56.1. The van der Waals surface area contributed by atoms with E-state index in [1.807, 2.05) is 36.4 Å². The Hall–Kier alpha value is -7.42. The van der Waals surface area contributed by atoms with Crippen LogP contribution in [-0.2, 0) is 0 Å². The van der Waals surface area contributed by atoms with Gasteiger partial charge in [0.1, 0.15) is 0 Å². The van der Waals surface area contributed by atoms with Gasteiger partial charge in [-0.2, -0.15) is 0 Å². The molecule has 0 amide bonds. The molecule has 0 N–H and O–H groups in total. The van der Waals surface area contributed by atoms with Gasteiger partial charge in [-0.25, -0.2) is 0 Å². The molecule has 0 aliphatic rings.